The van der Waals surface area contributed by atoms with Crippen molar-refractivity contribution in [3.8, 4) is 17.2 Å². The van der Waals surface area contributed by atoms with E-state index in [1.54, 1.807) is 37.4 Å². The number of hydrogen-bond acceptors (Lipinski definition) is 5. The molecule has 0 radical (unpaired) electrons. The number of oxazole rings is 1. The average Bonchev–Trinajstić information content (AvgIpc) is 3.13. The Labute approximate surface area is 195 Å². The first-order valence-electron chi connectivity index (χ1n) is 11.7. The molecular formula is C26H25FN4O3. The van der Waals surface area contributed by atoms with Crippen LogP contribution in [0.15, 0.2) is 45.6 Å². The summed E-state index contributed by atoms with van der Waals surface area (Å²) < 4.78 is 21.5. The number of carbonyl (C=O) groups excluding carboxylic acids is 1. The molecule has 3 fully saturated rings. The van der Waals surface area contributed by atoms with E-state index in [4.69, 9.17) is 4.42 Å². The molecule has 174 valence electrons. The number of hydrogen-bond donors (Lipinski definition) is 2. The van der Waals surface area contributed by atoms with Gasteiger partial charge in [-0.15, -0.1) is 0 Å². The van der Waals surface area contributed by atoms with E-state index < -0.39 is 17.6 Å². The SMILES string of the molecule is C[C@H]1[C@H]2[C@H]3C[C@H](N[C@@H]3C(=O)N[C@H](C#N)Cc3ccc(-c4ccc5oc(=O)n(C)c5c4)cc3F)[C@@H]12. The van der Waals surface area contributed by atoms with Gasteiger partial charge in [-0.05, 0) is 65.0 Å². The van der Waals surface area contributed by atoms with E-state index >= 15 is 0 Å². The number of fused-ring (bicyclic) bond motifs is 6. The molecule has 2 bridgehead atoms. The zero-order valence-corrected chi connectivity index (χ0v) is 18.9. The van der Waals surface area contributed by atoms with Gasteiger partial charge in [0.05, 0.1) is 17.6 Å². The van der Waals surface area contributed by atoms with Gasteiger partial charge in [-0.3, -0.25) is 9.36 Å². The molecule has 3 aromatic rings. The maximum Gasteiger partial charge on any atom is 0.419 e. The van der Waals surface area contributed by atoms with Crippen LogP contribution in [0.4, 0.5) is 4.39 Å². The van der Waals surface area contributed by atoms with Crippen LogP contribution in [0.25, 0.3) is 22.2 Å². The molecule has 7 nitrogen and oxygen atoms in total. The van der Waals surface area contributed by atoms with Crippen LogP contribution in [0.5, 0.6) is 0 Å². The van der Waals surface area contributed by atoms with E-state index in [-0.39, 0.29) is 18.4 Å². The van der Waals surface area contributed by atoms with Gasteiger partial charge >= 0.3 is 5.76 Å². The third-order valence-electron chi connectivity index (χ3n) is 8.18. The number of rotatable bonds is 5. The van der Waals surface area contributed by atoms with Crippen LogP contribution < -0.4 is 16.4 Å². The largest absolute Gasteiger partial charge is 0.419 e. The van der Waals surface area contributed by atoms with Gasteiger partial charge in [-0.25, -0.2) is 9.18 Å². The minimum absolute atomic E-state index is 0.0902. The van der Waals surface area contributed by atoms with Crippen LogP contribution in [0.1, 0.15) is 18.9 Å². The van der Waals surface area contributed by atoms with Crippen molar-refractivity contribution in [2.75, 3.05) is 0 Å². The van der Waals surface area contributed by atoms with E-state index in [0.29, 0.717) is 51.9 Å². The molecule has 2 aromatic carbocycles. The summed E-state index contributed by atoms with van der Waals surface area (Å²) in [7, 11) is 1.62. The summed E-state index contributed by atoms with van der Waals surface area (Å²) in [5.41, 5.74) is 2.85. The molecule has 34 heavy (non-hydrogen) atoms. The van der Waals surface area contributed by atoms with Crippen molar-refractivity contribution in [1.82, 2.24) is 15.2 Å². The molecule has 1 saturated heterocycles. The highest BCUT2D eigenvalue weighted by atomic mass is 19.1. The molecule has 8 heteroatoms. The minimum atomic E-state index is -0.807. The third kappa shape index (κ3) is 3.18. The number of aryl methyl sites for hydroxylation is 1. The molecule has 2 N–H and O–H groups in total. The first-order valence-corrected chi connectivity index (χ1v) is 11.7. The normalized spacial score (nSPS) is 29.6. The second kappa shape index (κ2) is 7.54. The highest BCUT2D eigenvalue weighted by Crippen LogP contribution is 2.64. The van der Waals surface area contributed by atoms with Crippen molar-refractivity contribution < 1.29 is 13.6 Å². The molecule has 2 saturated carbocycles. The van der Waals surface area contributed by atoms with Gasteiger partial charge in [0.25, 0.3) is 0 Å². The van der Waals surface area contributed by atoms with Crippen LogP contribution in [0.2, 0.25) is 0 Å². The van der Waals surface area contributed by atoms with E-state index in [1.165, 1.54) is 10.6 Å². The van der Waals surface area contributed by atoms with Crippen molar-refractivity contribution in [2.45, 2.75) is 37.9 Å². The van der Waals surface area contributed by atoms with E-state index in [1.807, 2.05) is 0 Å². The molecule has 2 heterocycles. The zero-order valence-electron chi connectivity index (χ0n) is 18.9. The third-order valence-corrected chi connectivity index (χ3v) is 8.18. The van der Waals surface area contributed by atoms with Crippen LogP contribution in [0, 0.1) is 40.8 Å². The number of nitrogens with zero attached hydrogens (tertiary/aromatic N) is 2. The van der Waals surface area contributed by atoms with Gasteiger partial charge in [0, 0.05) is 19.5 Å². The summed E-state index contributed by atoms with van der Waals surface area (Å²) in [6, 6.07) is 11.5. The van der Waals surface area contributed by atoms with Gasteiger partial charge in [0.15, 0.2) is 5.58 Å². The van der Waals surface area contributed by atoms with Crippen molar-refractivity contribution >= 4 is 17.0 Å². The Bertz CT molecular complexity index is 1420. The van der Waals surface area contributed by atoms with E-state index in [0.717, 1.165) is 12.0 Å². The Morgan fingerprint density at radius 3 is 2.79 bits per heavy atom. The maximum atomic E-state index is 15.0. The second-order valence-corrected chi connectivity index (χ2v) is 9.97. The van der Waals surface area contributed by atoms with Crippen LogP contribution >= 0.6 is 0 Å². The monoisotopic (exact) mass is 460 g/mol. The van der Waals surface area contributed by atoms with Crippen LogP contribution in [-0.4, -0.2) is 28.6 Å². The zero-order chi connectivity index (χ0) is 23.7. The summed E-state index contributed by atoms with van der Waals surface area (Å²) in [6.45, 7) is 2.25. The maximum absolute atomic E-state index is 15.0. The number of amides is 1. The van der Waals surface area contributed by atoms with Crippen molar-refractivity contribution in [2.24, 2.45) is 30.7 Å². The molecule has 6 rings (SSSR count). The number of halogens is 1. The Morgan fingerprint density at radius 2 is 2.06 bits per heavy atom. The number of carbonyl (C=O) groups is 1. The number of aromatic nitrogens is 1. The summed E-state index contributed by atoms with van der Waals surface area (Å²) >= 11 is 0. The molecule has 1 aromatic heterocycles. The molecule has 0 unspecified atom stereocenters. The van der Waals surface area contributed by atoms with E-state index in [2.05, 4.69) is 23.6 Å². The Kier molecular flexibility index (Phi) is 4.68. The Morgan fingerprint density at radius 1 is 1.29 bits per heavy atom. The lowest BCUT2D eigenvalue weighted by molar-refractivity contribution is -0.124. The number of nitriles is 1. The molecule has 3 aliphatic rings. The van der Waals surface area contributed by atoms with Gasteiger partial charge in [-0.2, -0.15) is 5.26 Å². The predicted octanol–water partition coefficient (Wildman–Crippen LogP) is 2.73. The first kappa shape index (κ1) is 21.1. The number of nitrogens with one attached hydrogen (secondary N) is 2. The molecule has 7 atom stereocenters. The van der Waals surface area contributed by atoms with Gasteiger partial charge in [0.2, 0.25) is 5.91 Å². The Balaban J connectivity index is 1.16. The lowest BCUT2D eigenvalue weighted by atomic mass is 9.94. The lowest BCUT2D eigenvalue weighted by Gasteiger charge is -2.23. The smallest absolute Gasteiger partial charge is 0.408 e. The van der Waals surface area contributed by atoms with Crippen LogP contribution in [-0.2, 0) is 18.3 Å². The fraction of sp³-hybridized carbons (Fsp3) is 0.423. The average molecular weight is 461 g/mol. The lowest BCUT2D eigenvalue weighted by Crippen LogP contribution is -2.51. The second-order valence-electron chi connectivity index (χ2n) is 9.97. The summed E-state index contributed by atoms with van der Waals surface area (Å²) in [5, 5.41) is 15.9. The number of benzene rings is 2. The summed E-state index contributed by atoms with van der Waals surface area (Å²) in [5.74, 6) is 1.28. The van der Waals surface area contributed by atoms with Gasteiger partial charge in [0.1, 0.15) is 11.9 Å². The molecule has 1 amide bonds. The fourth-order valence-corrected chi connectivity index (χ4v) is 6.41. The van der Waals surface area contributed by atoms with Crippen LogP contribution in [0.3, 0.4) is 0 Å². The van der Waals surface area contributed by atoms with E-state index in [9.17, 15) is 19.2 Å². The highest BCUT2D eigenvalue weighted by molar-refractivity contribution is 5.84. The topological polar surface area (TPSA) is 100 Å². The fourth-order valence-electron chi connectivity index (χ4n) is 6.41. The first-order chi connectivity index (χ1) is 16.4. The van der Waals surface area contributed by atoms with Crippen molar-refractivity contribution in [3.63, 3.8) is 0 Å². The molecule has 1 aliphatic heterocycles. The molecular weight excluding hydrogens is 435 g/mol. The predicted molar refractivity (Wildman–Crippen MR) is 123 cm³/mol. The summed E-state index contributed by atoms with van der Waals surface area (Å²) in [6.07, 6.45) is 1.12. The minimum Gasteiger partial charge on any atom is -0.408 e. The van der Waals surface area contributed by atoms with Crippen molar-refractivity contribution in [3.05, 3.63) is 58.3 Å². The number of piperidine rings is 1. The van der Waals surface area contributed by atoms with Crippen molar-refractivity contribution in [1.29, 1.82) is 5.26 Å². The standard InChI is InChI=1S/C26H25FN4O3/c1-12-22-17-10-19(23(12)22)30-24(17)25(32)29-16(11-28)7-15-4-3-13(8-18(15)27)14-5-6-21-20(9-14)31(2)26(33)34-21/h3-6,8-9,12,16-17,19,22-24,30H,7,10H2,1-2H3,(H,29,32)/t12-,16-,17+,19-,22-,23+,24-/m0/s1. The molecule has 2 aliphatic carbocycles. The molecule has 0 spiro atoms. The Hall–Kier alpha value is -3.44. The van der Waals surface area contributed by atoms with Gasteiger partial charge < -0.3 is 15.1 Å². The highest BCUT2D eigenvalue weighted by Gasteiger charge is 2.67. The quantitative estimate of drug-likeness (QED) is 0.610. The summed E-state index contributed by atoms with van der Waals surface area (Å²) in [4.78, 5) is 24.6. The van der Waals surface area contributed by atoms with Gasteiger partial charge in [-0.1, -0.05) is 25.1 Å².